The molecule has 4 rings (SSSR count). The van der Waals surface area contributed by atoms with Crippen molar-refractivity contribution in [3.05, 3.63) is 62.5 Å². The van der Waals surface area contributed by atoms with Crippen LogP contribution >= 0.6 is 34.5 Å². The molecule has 2 aliphatic heterocycles. The van der Waals surface area contributed by atoms with E-state index in [4.69, 9.17) is 0 Å². The second kappa shape index (κ2) is 11.4. The Morgan fingerprint density at radius 3 is 2.60 bits per heavy atom. The number of amides is 1. The number of piperidine rings is 1. The van der Waals surface area contributed by atoms with Gasteiger partial charge in [-0.15, -0.1) is 0 Å². The summed E-state index contributed by atoms with van der Waals surface area (Å²) < 4.78 is 39.0. The molecule has 3 heterocycles. The molecule has 1 amide bonds. The first-order chi connectivity index (χ1) is 16.7. The van der Waals surface area contributed by atoms with Gasteiger partial charge in [0.25, 0.3) is 5.91 Å². The highest BCUT2D eigenvalue weighted by atomic mass is 127. The van der Waals surface area contributed by atoms with E-state index < -0.39 is 17.6 Å². The van der Waals surface area contributed by atoms with Crippen LogP contribution in [0.4, 0.5) is 24.7 Å². The number of carbonyl (C=O) groups excluding carboxylic acids is 1. The molecule has 0 unspecified atom stereocenters. The van der Waals surface area contributed by atoms with Crippen LogP contribution in [-0.2, 0) is 6.18 Å². The van der Waals surface area contributed by atoms with Crippen LogP contribution in [0.1, 0.15) is 35.2 Å². The smallest absolute Gasteiger partial charge is 0.373 e. The van der Waals surface area contributed by atoms with Crippen molar-refractivity contribution < 1.29 is 18.0 Å². The van der Waals surface area contributed by atoms with Gasteiger partial charge in [0.2, 0.25) is 0 Å². The second-order valence-corrected chi connectivity index (χ2v) is 10.2. The van der Waals surface area contributed by atoms with Crippen LogP contribution in [0.25, 0.3) is 0 Å². The van der Waals surface area contributed by atoms with E-state index in [1.165, 1.54) is 43.3 Å². The van der Waals surface area contributed by atoms with Crippen LogP contribution in [0, 0.1) is 0 Å². The van der Waals surface area contributed by atoms with Crippen molar-refractivity contribution in [3.8, 4) is 0 Å². The Balaban J connectivity index is 1.39. The summed E-state index contributed by atoms with van der Waals surface area (Å²) in [5.74, 6) is 0.182. The Hall–Kier alpha value is -2.03. The zero-order chi connectivity index (χ0) is 25.0. The minimum atomic E-state index is -4.44. The van der Waals surface area contributed by atoms with Gasteiger partial charge < -0.3 is 15.1 Å². The lowest BCUT2D eigenvalue weighted by Gasteiger charge is -2.29. The summed E-state index contributed by atoms with van der Waals surface area (Å²) in [6.45, 7) is 4.25. The molecular formula is C23H26F3IN6OS. The number of aromatic nitrogens is 1. The number of carbonyl (C=O) groups is 1. The van der Waals surface area contributed by atoms with Crippen LogP contribution in [0.5, 0.6) is 0 Å². The number of hydrogen-bond acceptors (Lipinski definition) is 7. The molecule has 12 heteroatoms. The number of nitrogens with zero attached hydrogens (tertiary/aromatic N) is 4. The SMILES string of the molecule is CN(CCN1CCCCC1)c1ccnc(N2NSC(NC(=O)c3ccc(C(F)(F)F)cc3)=C2I)c1. The number of nitrogens with one attached hydrogen (secondary N) is 2. The van der Waals surface area contributed by atoms with Crippen molar-refractivity contribution in [1.82, 2.24) is 20.0 Å². The molecular weight excluding hydrogens is 592 g/mol. The van der Waals surface area contributed by atoms with Crippen molar-refractivity contribution in [2.24, 2.45) is 0 Å². The van der Waals surface area contributed by atoms with E-state index in [1.54, 1.807) is 11.2 Å². The molecule has 0 bridgehead atoms. The fraction of sp³-hybridized carbons (Fsp3) is 0.391. The number of hydrazine groups is 1. The molecule has 1 aromatic heterocycles. The third-order valence-electron chi connectivity index (χ3n) is 5.92. The quantitative estimate of drug-likeness (QED) is 0.258. The first-order valence-electron chi connectivity index (χ1n) is 11.2. The summed E-state index contributed by atoms with van der Waals surface area (Å²) in [6, 6.07) is 8.08. The third-order valence-corrected chi connectivity index (χ3v) is 8.08. The zero-order valence-corrected chi connectivity index (χ0v) is 22.1. The highest BCUT2D eigenvalue weighted by molar-refractivity contribution is 14.1. The number of alkyl halides is 3. The van der Waals surface area contributed by atoms with E-state index in [0.29, 0.717) is 14.6 Å². The standard InChI is InChI=1S/C23H26F3IN6OS/c1-31(13-14-32-11-3-2-4-12-32)18-9-10-28-19(15-18)33-20(27)22(35-30-33)29-21(34)16-5-7-17(8-6-16)23(24,25)26/h5-10,15,30H,2-4,11-14H2,1H3,(H,29,34). The van der Waals surface area contributed by atoms with Gasteiger partial charge in [0.15, 0.2) is 5.82 Å². The van der Waals surface area contributed by atoms with Crippen LogP contribution < -0.4 is 20.1 Å². The van der Waals surface area contributed by atoms with Crippen LogP contribution in [0.2, 0.25) is 0 Å². The number of benzene rings is 1. The summed E-state index contributed by atoms with van der Waals surface area (Å²) >= 11 is 3.30. The van der Waals surface area contributed by atoms with E-state index in [2.05, 4.69) is 54.6 Å². The molecule has 2 aliphatic rings. The number of hydrogen-bond donors (Lipinski definition) is 2. The van der Waals surface area contributed by atoms with E-state index in [9.17, 15) is 18.0 Å². The van der Waals surface area contributed by atoms with Gasteiger partial charge in [-0.05, 0) is 90.8 Å². The molecule has 7 nitrogen and oxygen atoms in total. The van der Waals surface area contributed by atoms with Crippen LogP contribution in [0.3, 0.4) is 0 Å². The number of rotatable bonds is 7. The molecule has 0 aliphatic carbocycles. The predicted octanol–water partition coefficient (Wildman–Crippen LogP) is 4.99. The predicted molar refractivity (Wildman–Crippen MR) is 141 cm³/mol. The first kappa shape index (κ1) is 26.0. The molecule has 188 valence electrons. The van der Waals surface area contributed by atoms with Gasteiger partial charge in [-0.1, -0.05) is 6.42 Å². The van der Waals surface area contributed by atoms with E-state index in [1.807, 2.05) is 12.1 Å². The summed E-state index contributed by atoms with van der Waals surface area (Å²) in [5.41, 5.74) is 0.382. The number of pyridine rings is 1. The van der Waals surface area contributed by atoms with Crippen molar-refractivity contribution in [1.29, 1.82) is 0 Å². The van der Waals surface area contributed by atoms with Crippen molar-refractivity contribution in [2.45, 2.75) is 25.4 Å². The molecule has 0 spiro atoms. The van der Waals surface area contributed by atoms with Crippen molar-refractivity contribution in [3.63, 3.8) is 0 Å². The summed E-state index contributed by atoms with van der Waals surface area (Å²) in [7, 11) is 2.06. The lowest BCUT2D eigenvalue weighted by molar-refractivity contribution is -0.137. The first-order valence-corrected chi connectivity index (χ1v) is 13.1. The Bertz CT molecular complexity index is 1080. The average Bonchev–Trinajstić information content (AvgIpc) is 3.22. The molecule has 1 fully saturated rings. The van der Waals surface area contributed by atoms with Crippen molar-refractivity contribution in [2.75, 3.05) is 43.1 Å². The molecule has 2 aromatic rings. The topological polar surface area (TPSA) is 63.7 Å². The van der Waals surface area contributed by atoms with Crippen LogP contribution in [-0.4, -0.2) is 49.0 Å². The minimum absolute atomic E-state index is 0.143. The fourth-order valence-corrected chi connectivity index (χ4v) is 5.54. The molecule has 2 N–H and O–H groups in total. The van der Waals surface area contributed by atoms with Gasteiger partial charge in [-0.3, -0.25) is 4.79 Å². The molecule has 1 saturated heterocycles. The highest BCUT2D eigenvalue weighted by Crippen LogP contribution is 2.34. The van der Waals surface area contributed by atoms with E-state index in [0.717, 1.165) is 44.0 Å². The highest BCUT2D eigenvalue weighted by Gasteiger charge is 2.30. The minimum Gasteiger partial charge on any atom is -0.373 e. The van der Waals surface area contributed by atoms with E-state index >= 15 is 0 Å². The average molecular weight is 618 g/mol. The zero-order valence-electron chi connectivity index (χ0n) is 19.1. The maximum absolute atomic E-state index is 12.8. The summed E-state index contributed by atoms with van der Waals surface area (Å²) in [6.07, 6.45) is 1.16. The summed E-state index contributed by atoms with van der Waals surface area (Å²) in [5, 5.41) is 5.07. The summed E-state index contributed by atoms with van der Waals surface area (Å²) in [4.78, 5) is 24.9. The Morgan fingerprint density at radius 2 is 1.91 bits per heavy atom. The largest absolute Gasteiger partial charge is 0.416 e. The van der Waals surface area contributed by atoms with Crippen molar-refractivity contribution >= 4 is 52.0 Å². The lowest BCUT2D eigenvalue weighted by atomic mass is 10.1. The molecule has 0 atom stereocenters. The van der Waals surface area contributed by atoms with Gasteiger partial charge in [-0.25, -0.2) is 9.99 Å². The Morgan fingerprint density at radius 1 is 1.20 bits per heavy atom. The lowest BCUT2D eigenvalue weighted by Crippen LogP contribution is -2.36. The van der Waals surface area contributed by atoms with Gasteiger partial charge in [0, 0.05) is 43.7 Å². The number of anilines is 2. The third kappa shape index (κ3) is 6.60. The van der Waals surface area contributed by atoms with Crippen LogP contribution in [0.15, 0.2) is 51.3 Å². The van der Waals surface area contributed by atoms with Gasteiger partial charge in [0.1, 0.15) is 8.73 Å². The molecule has 35 heavy (non-hydrogen) atoms. The number of halogens is 4. The monoisotopic (exact) mass is 618 g/mol. The number of likely N-dealkylation sites (tertiary alicyclic amines) is 1. The Labute approximate surface area is 220 Å². The Kier molecular flexibility index (Phi) is 8.45. The normalized spacial score (nSPS) is 17.1. The fourth-order valence-electron chi connectivity index (χ4n) is 3.86. The van der Waals surface area contributed by atoms with Gasteiger partial charge in [-0.2, -0.15) is 18.0 Å². The second-order valence-electron chi connectivity index (χ2n) is 8.37. The molecule has 0 saturated carbocycles. The maximum Gasteiger partial charge on any atom is 0.416 e. The molecule has 0 radical (unpaired) electrons. The maximum atomic E-state index is 12.8. The van der Waals surface area contributed by atoms with Gasteiger partial charge >= 0.3 is 6.18 Å². The van der Waals surface area contributed by atoms with Gasteiger partial charge in [0.05, 0.1) is 5.56 Å². The number of likely N-dealkylation sites (N-methyl/N-ethyl adjacent to an activating group) is 1. The van der Waals surface area contributed by atoms with E-state index in [-0.39, 0.29) is 5.56 Å². The molecule has 1 aromatic carbocycles.